The molecule has 0 fully saturated rings. The zero-order chi connectivity index (χ0) is 14.4. The van der Waals surface area contributed by atoms with Gasteiger partial charge in [0.05, 0.1) is 5.69 Å². The van der Waals surface area contributed by atoms with Crippen LogP contribution < -0.4 is 0 Å². The van der Waals surface area contributed by atoms with Crippen molar-refractivity contribution < 1.29 is 0 Å². The Morgan fingerprint density at radius 1 is 1.15 bits per heavy atom. The molecule has 0 radical (unpaired) electrons. The molecule has 0 saturated heterocycles. The summed E-state index contributed by atoms with van der Waals surface area (Å²) in [7, 11) is 1.87. The van der Waals surface area contributed by atoms with Crippen LogP contribution in [-0.2, 0) is 13.6 Å². The molecule has 0 saturated carbocycles. The molecular weight excluding hydrogens is 272 g/mol. The minimum atomic E-state index is 0.896. The van der Waals surface area contributed by atoms with E-state index in [0.717, 1.165) is 23.1 Å². The van der Waals surface area contributed by atoms with E-state index in [4.69, 9.17) is 0 Å². The van der Waals surface area contributed by atoms with Gasteiger partial charge in [-0.25, -0.2) is 4.68 Å². The van der Waals surface area contributed by atoms with Gasteiger partial charge in [0.15, 0.2) is 0 Å². The lowest BCUT2D eigenvalue weighted by molar-refractivity contribution is 0.530. The summed E-state index contributed by atoms with van der Waals surface area (Å²) in [5.74, 6) is 1.08. The second kappa shape index (κ2) is 7.42. The fourth-order valence-corrected chi connectivity index (χ4v) is 2.97. The van der Waals surface area contributed by atoms with Gasteiger partial charge < -0.3 is 0 Å². The van der Waals surface area contributed by atoms with Gasteiger partial charge in [-0.15, -0.1) is 5.10 Å². The van der Waals surface area contributed by atoms with Crippen LogP contribution in [-0.4, -0.2) is 35.7 Å². The number of aromatic nitrogens is 6. The summed E-state index contributed by atoms with van der Waals surface area (Å²) in [6.07, 6.45) is 4.89. The van der Waals surface area contributed by atoms with Crippen LogP contribution in [0.5, 0.6) is 0 Å². The molecule has 0 N–H and O–H groups in total. The van der Waals surface area contributed by atoms with Crippen LogP contribution in [0.25, 0.3) is 0 Å². The average molecular weight is 294 g/mol. The molecule has 0 aliphatic carbocycles. The molecule has 0 aromatic carbocycles. The molecule has 6 nitrogen and oxygen atoms in total. The van der Waals surface area contributed by atoms with Gasteiger partial charge in [0.2, 0.25) is 5.16 Å². The molecule has 0 unspecified atom stereocenters. The molecular formula is C13H22N6S. The van der Waals surface area contributed by atoms with Crippen molar-refractivity contribution in [3.63, 3.8) is 0 Å². The van der Waals surface area contributed by atoms with E-state index in [1.807, 2.05) is 14.0 Å². The highest BCUT2D eigenvalue weighted by atomic mass is 32.2. The van der Waals surface area contributed by atoms with Crippen molar-refractivity contribution in [1.29, 1.82) is 0 Å². The summed E-state index contributed by atoms with van der Waals surface area (Å²) in [5.41, 5.74) is 2.36. The summed E-state index contributed by atoms with van der Waals surface area (Å²) in [6, 6.07) is 2.13. The summed E-state index contributed by atoms with van der Waals surface area (Å²) >= 11 is 1.72. The largest absolute Gasteiger partial charge is 0.270 e. The van der Waals surface area contributed by atoms with E-state index in [1.165, 1.54) is 31.4 Å². The van der Waals surface area contributed by atoms with Crippen molar-refractivity contribution in [3.05, 3.63) is 17.5 Å². The first-order chi connectivity index (χ1) is 9.66. The molecule has 110 valence electrons. The number of hydrogen-bond acceptors (Lipinski definition) is 5. The van der Waals surface area contributed by atoms with Gasteiger partial charge in [-0.05, 0) is 43.2 Å². The van der Waals surface area contributed by atoms with Crippen LogP contribution in [0.4, 0.5) is 0 Å². The number of nitrogens with zero attached hydrogens (tertiary/aromatic N) is 6. The Balaban J connectivity index is 1.54. The van der Waals surface area contributed by atoms with Crippen molar-refractivity contribution in [1.82, 2.24) is 30.0 Å². The second-order valence-electron chi connectivity index (χ2n) is 5.00. The molecule has 0 amide bonds. The van der Waals surface area contributed by atoms with Gasteiger partial charge in [0.25, 0.3) is 0 Å². The third kappa shape index (κ3) is 4.33. The van der Waals surface area contributed by atoms with E-state index in [-0.39, 0.29) is 0 Å². The highest BCUT2D eigenvalue weighted by Gasteiger charge is 2.02. The zero-order valence-electron chi connectivity index (χ0n) is 12.4. The highest BCUT2D eigenvalue weighted by Crippen LogP contribution is 2.15. The smallest absolute Gasteiger partial charge is 0.209 e. The standard InChI is InChI=1S/C13H22N6S/c1-11-10-12(2)19(15-11)8-6-4-5-7-9-20-13-14-16-17-18(13)3/h10H,4-9H2,1-3H3. The van der Waals surface area contributed by atoms with Gasteiger partial charge in [-0.3, -0.25) is 4.68 Å². The molecule has 2 aromatic rings. The predicted molar refractivity (Wildman–Crippen MR) is 79.7 cm³/mol. The van der Waals surface area contributed by atoms with E-state index in [0.29, 0.717) is 0 Å². The van der Waals surface area contributed by atoms with Crippen molar-refractivity contribution >= 4 is 11.8 Å². The average Bonchev–Trinajstić information content (AvgIpc) is 2.95. The molecule has 0 spiro atoms. The van der Waals surface area contributed by atoms with Crippen molar-refractivity contribution in [2.75, 3.05) is 5.75 Å². The summed E-state index contributed by atoms with van der Waals surface area (Å²) < 4.78 is 3.82. The first-order valence-electron chi connectivity index (χ1n) is 7.03. The Morgan fingerprint density at radius 2 is 1.95 bits per heavy atom. The Hall–Kier alpha value is -1.37. The number of aryl methyl sites for hydroxylation is 4. The summed E-state index contributed by atoms with van der Waals surface area (Å²) in [4.78, 5) is 0. The maximum atomic E-state index is 4.48. The minimum absolute atomic E-state index is 0.896. The van der Waals surface area contributed by atoms with Crippen LogP contribution in [0.3, 0.4) is 0 Å². The molecule has 20 heavy (non-hydrogen) atoms. The van der Waals surface area contributed by atoms with Crippen molar-refractivity contribution in [2.45, 2.75) is 51.2 Å². The molecule has 0 bridgehead atoms. The molecule has 0 aliphatic heterocycles. The van der Waals surface area contributed by atoms with Crippen LogP contribution in [0.15, 0.2) is 11.2 Å². The summed E-state index contributed by atoms with van der Waals surface area (Å²) in [6.45, 7) is 5.19. The van der Waals surface area contributed by atoms with Crippen molar-refractivity contribution in [3.8, 4) is 0 Å². The third-order valence-corrected chi connectivity index (χ3v) is 4.28. The third-order valence-electron chi connectivity index (χ3n) is 3.18. The fourth-order valence-electron chi connectivity index (χ4n) is 2.13. The van der Waals surface area contributed by atoms with E-state index in [9.17, 15) is 0 Å². The van der Waals surface area contributed by atoms with E-state index < -0.39 is 0 Å². The number of unbranched alkanes of at least 4 members (excludes halogenated alkanes) is 3. The van der Waals surface area contributed by atoms with Crippen LogP contribution in [0.1, 0.15) is 37.1 Å². The number of tetrazole rings is 1. The van der Waals surface area contributed by atoms with Crippen LogP contribution >= 0.6 is 11.8 Å². The van der Waals surface area contributed by atoms with Gasteiger partial charge in [-0.2, -0.15) is 5.10 Å². The van der Waals surface area contributed by atoms with Gasteiger partial charge >= 0.3 is 0 Å². The molecule has 0 atom stereocenters. The molecule has 2 heterocycles. The maximum absolute atomic E-state index is 4.48. The fraction of sp³-hybridized carbons (Fsp3) is 0.692. The quantitative estimate of drug-likeness (QED) is 0.552. The predicted octanol–water partition coefficient (Wildman–Crippen LogP) is 2.38. The Morgan fingerprint density at radius 3 is 2.60 bits per heavy atom. The van der Waals surface area contributed by atoms with Crippen LogP contribution in [0, 0.1) is 13.8 Å². The molecule has 2 aromatic heterocycles. The first-order valence-corrected chi connectivity index (χ1v) is 8.01. The van der Waals surface area contributed by atoms with Gasteiger partial charge in [-0.1, -0.05) is 24.6 Å². The van der Waals surface area contributed by atoms with Crippen molar-refractivity contribution in [2.24, 2.45) is 7.05 Å². The lowest BCUT2D eigenvalue weighted by atomic mass is 10.2. The first kappa shape index (κ1) is 15.0. The molecule has 7 heteroatoms. The zero-order valence-corrected chi connectivity index (χ0v) is 13.2. The van der Waals surface area contributed by atoms with Gasteiger partial charge in [0.1, 0.15) is 0 Å². The Labute approximate surface area is 123 Å². The number of rotatable bonds is 8. The van der Waals surface area contributed by atoms with E-state index in [2.05, 4.69) is 38.3 Å². The van der Waals surface area contributed by atoms with E-state index in [1.54, 1.807) is 16.4 Å². The Kier molecular flexibility index (Phi) is 5.58. The topological polar surface area (TPSA) is 61.4 Å². The van der Waals surface area contributed by atoms with E-state index >= 15 is 0 Å². The number of hydrogen-bond donors (Lipinski definition) is 0. The normalized spacial score (nSPS) is 11.2. The van der Waals surface area contributed by atoms with Gasteiger partial charge in [0, 0.05) is 25.0 Å². The lowest BCUT2D eigenvalue weighted by Crippen LogP contribution is -2.02. The monoisotopic (exact) mass is 294 g/mol. The lowest BCUT2D eigenvalue weighted by Gasteiger charge is -2.04. The maximum Gasteiger partial charge on any atom is 0.209 e. The SMILES string of the molecule is Cc1cc(C)n(CCCCCCSc2nnnn2C)n1. The Bertz CT molecular complexity index is 533. The molecule has 2 rings (SSSR count). The minimum Gasteiger partial charge on any atom is -0.270 e. The molecule has 0 aliphatic rings. The van der Waals surface area contributed by atoms with Crippen LogP contribution in [0.2, 0.25) is 0 Å². The highest BCUT2D eigenvalue weighted by molar-refractivity contribution is 7.99. The number of thioether (sulfide) groups is 1. The summed E-state index contributed by atoms with van der Waals surface area (Å²) in [5, 5.41) is 16.8. The second-order valence-corrected chi connectivity index (χ2v) is 6.06.